The zero-order chi connectivity index (χ0) is 10.9. The van der Waals surface area contributed by atoms with E-state index < -0.39 is 7.60 Å². The molecule has 0 aliphatic rings. The average Bonchev–Trinajstić information content (AvgIpc) is 2.08. The highest BCUT2D eigenvalue weighted by molar-refractivity contribution is 7.51. The Bertz CT molecular complexity index is 169. The van der Waals surface area contributed by atoms with Gasteiger partial charge in [-0.25, -0.2) is 0 Å². The number of unbranched alkanes of at least 4 members (excludes halogenated alkanes) is 6. The van der Waals surface area contributed by atoms with Crippen molar-refractivity contribution in [3.63, 3.8) is 0 Å². The molecule has 0 rings (SSSR count). The van der Waals surface area contributed by atoms with Gasteiger partial charge in [-0.15, -0.1) is 11.6 Å². The van der Waals surface area contributed by atoms with Crippen LogP contribution in [0.3, 0.4) is 0 Å². The van der Waals surface area contributed by atoms with Crippen LogP contribution in [0.25, 0.3) is 0 Å². The van der Waals surface area contributed by atoms with E-state index in [1.807, 2.05) is 0 Å². The van der Waals surface area contributed by atoms with Crippen LogP contribution in [0.1, 0.15) is 44.9 Å². The van der Waals surface area contributed by atoms with Crippen LogP contribution in [-0.2, 0) is 4.57 Å². The van der Waals surface area contributed by atoms with Gasteiger partial charge in [-0.3, -0.25) is 4.57 Å². The molecule has 0 amide bonds. The largest absolute Gasteiger partial charge is 0.325 e. The van der Waals surface area contributed by atoms with E-state index >= 15 is 0 Å². The van der Waals surface area contributed by atoms with Gasteiger partial charge in [-0.1, -0.05) is 32.1 Å². The first-order valence-electron chi connectivity index (χ1n) is 5.17. The first kappa shape index (κ1) is 14.4. The lowest BCUT2D eigenvalue weighted by molar-refractivity contribution is 0.370. The Balaban J connectivity index is 3.03. The summed E-state index contributed by atoms with van der Waals surface area (Å²) >= 11 is 5.53. The number of halogens is 1. The van der Waals surface area contributed by atoms with E-state index in [1.54, 1.807) is 0 Å². The number of hydrogen-bond donors (Lipinski definition) is 2. The van der Waals surface area contributed by atoms with Gasteiger partial charge in [0.1, 0.15) is 0 Å². The van der Waals surface area contributed by atoms with Crippen molar-refractivity contribution in [2.75, 3.05) is 12.0 Å². The van der Waals surface area contributed by atoms with Crippen LogP contribution in [-0.4, -0.2) is 21.8 Å². The van der Waals surface area contributed by atoms with E-state index in [0.29, 0.717) is 6.42 Å². The van der Waals surface area contributed by atoms with Gasteiger partial charge in [0.2, 0.25) is 0 Å². The first-order chi connectivity index (χ1) is 6.56. The molecule has 0 aromatic heterocycles. The number of rotatable bonds is 9. The molecule has 0 saturated carbocycles. The molecule has 14 heavy (non-hydrogen) atoms. The lowest BCUT2D eigenvalue weighted by Crippen LogP contribution is -1.88. The SMILES string of the molecule is O=P(O)(O)CCCCCCCCCCl. The molecule has 0 radical (unpaired) electrons. The number of hydrogen-bond acceptors (Lipinski definition) is 1. The maximum absolute atomic E-state index is 10.5. The zero-order valence-corrected chi connectivity index (χ0v) is 10.1. The quantitative estimate of drug-likeness (QED) is 0.371. The molecule has 5 heteroatoms. The van der Waals surface area contributed by atoms with Crippen LogP contribution in [0.15, 0.2) is 0 Å². The van der Waals surface area contributed by atoms with Crippen molar-refractivity contribution in [3.8, 4) is 0 Å². The van der Waals surface area contributed by atoms with Crippen molar-refractivity contribution in [2.24, 2.45) is 0 Å². The molecule has 0 atom stereocenters. The molecule has 0 heterocycles. The molecule has 3 nitrogen and oxygen atoms in total. The summed E-state index contributed by atoms with van der Waals surface area (Å²) in [7, 11) is -3.75. The van der Waals surface area contributed by atoms with Crippen LogP contribution in [0.2, 0.25) is 0 Å². The standard InChI is InChI=1S/C9H20ClO3P/c10-8-6-4-2-1-3-5-7-9-14(11,12)13/h1-9H2,(H2,11,12,13). The minimum atomic E-state index is -3.75. The fourth-order valence-electron chi connectivity index (χ4n) is 1.30. The van der Waals surface area contributed by atoms with E-state index in [-0.39, 0.29) is 6.16 Å². The molecule has 0 aliphatic carbocycles. The molecule has 0 saturated heterocycles. The summed E-state index contributed by atoms with van der Waals surface area (Å²) < 4.78 is 10.5. The molecule has 0 aromatic rings. The van der Waals surface area contributed by atoms with Gasteiger partial charge in [0.05, 0.1) is 0 Å². The van der Waals surface area contributed by atoms with Gasteiger partial charge in [0.25, 0.3) is 0 Å². The van der Waals surface area contributed by atoms with Gasteiger partial charge < -0.3 is 9.79 Å². The molecule has 0 unspecified atom stereocenters. The molecule has 0 fully saturated rings. The van der Waals surface area contributed by atoms with Crippen molar-refractivity contribution in [1.29, 1.82) is 0 Å². The second kappa shape index (κ2) is 8.72. The maximum Gasteiger partial charge on any atom is 0.325 e. The smallest absolute Gasteiger partial charge is 0.324 e. The summed E-state index contributed by atoms with van der Waals surface area (Å²) in [5.41, 5.74) is 0. The van der Waals surface area contributed by atoms with Crippen molar-refractivity contribution in [1.82, 2.24) is 0 Å². The third-order valence-electron chi connectivity index (χ3n) is 2.08. The maximum atomic E-state index is 10.5. The molecule has 86 valence electrons. The average molecular weight is 243 g/mol. The van der Waals surface area contributed by atoms with Crippen LogP contribution in [0.5, 0.6) is 0 Å². The Labute approximate surface area is 91.0 Å². The molecule has 2 N–H and O–H groups in total. The van der Waals surface area contributed by atoms with E-state index in [0.717, 1.165) is 31.6 Å². The van der Waals surface area contributed by atoms with Crippen molar-refractivity contribution >= 4 is 19.2 Å². The van der Waals surface area contributed by atoms with Gasteiger partial charge in [-0.05, 0) is 12.8 Å². The third-order valence-corrected chi connectivity index (χ3v) is 3.25. The Morgan fingerprint density at radius 2 is 1.29 bits per heavy atom. The van der Waals surface area contributed by atoms with E-state index in [2.05, 4.69) is 0 Å². The second-order valence-electron chi connectivity index (χ2n) is 3.55. The lowest BCUT2D eigenvalue weighted by Gasteiger charge is -2.03. The topological polar surface area (TPSA) is 57.5 Å². The van der Waals surface area contributed by atoms with Crippen molar-refractivity contribution in [2.45, 2.75) is 44.9 Å². The Kier molecular flexibility index (Phi) is 9.00. The normalized spacial score (nSPS) is 11.9. The second-order valence-corrected chi connectivity index (χ2v) is 5.71. The van der Waals surface area contributed by atoms with E-state index in [9.17, 15) is 4.57 Å². The molecule has 0 bridgehead atoms. The highest BCUT2D eigenvalue weighted by Gasteiger charge is 2.10. The molecule has 0 spiro atoms. The van der Waals surface area contributed by atoms with Crippen LogP contribution < -0.4 is 0 Å². The first-order valence-corrected chi connectivity index (χ1v) is 7.50. The molecular weight excluding hydrogens is 223 g/mol. The summed E-state index contributed by atoms with van der Waals surface area (Å²) in [5, 5.41) is 0. The lowest BCUT2D eigenvalue weighted by atomic mass is 10.1. The Hall–Kier alpha value is 0.440. The summed E-state index contributed by atoms with van der Waals surface area (Å²) in [4.78, 5) is 17.2. The summed E-state index contributed by atoms with van der Waals surface area (Å²) in [5.74, 6) is 0.734. The third kappa shape index (κ3) is 12.4. The summed E-state index contributed by atoms with van der Waals surface area (Å²) in [6, 6.07) is 0. The fourth-order valence-corrected chi connectivity index (χ4v) is 2.12. The van der Waals surface area contributed by atoms with Crippen LogP contribution in [0.4, 0.5) is 0 Å². The molecule has 0 aliphatic heterocycles. The van der Waals surface area contributed by atoms with Gasteiger partial charge >= 0.3 is 7.60 Å². The van der Waals surface area contributed by atoms with Crippen molar-refractivity contribution < 1.29 is 14.4 Å². The number of alkyl halides is 1. The van der Waals surface area contributed by atoms with Crippen molar-refractivity contribution in [3.05, 3.63) is 0 Å². The summed E-state index contributed by atoms with van der Waals surface area (Å²) in [6.45, 7) is 0. The monoisotopic (exact) mass is 242 g/mol. The molecular formula is C9H20ClO3P. The minimum Gasteiger partial charge on any atom is -0.324 e. The predicted molar refractivity (Wildman–Crippen MR) is 60.0 cm³/mol. The highest BCUT2D eigenvalue weighted by atomic mass is 35.5. The predicted octanol–water partition coefficient (Wildman–Crippen LogP) is 3.13. The Morgan fingerprint density at radius 3 is 1.71 bits per heavy atom. The fraction of sp³-hybridized carbons (Fsp3) is 1.00. The van der Waals surface area contributed by atoms with Gasteiger partial charge in [0.15, 0.2) is 0 Å². The van der Waals surface area contributed by atoms with E-state index in [4.69, 9.17) is 21.4 Å². The van der Waals surface area contributed by atoms with Gasteiger partial charge in [-0.2, -0.15) is 0 Å². The molecule has 0 aromatic carbocycles. The highest BCUT2D eigenvalue weighted by Crippen LogP contribution is 2.35. The zero-order valence-electron chi connectivity index (χ0n) is 8.49. The Morgan fingerprint density at radius 1 is 0.857 bits per heavy atom. The van der Waals surface area contributed by atoms with Crippen LogP contribution in [0, 0.1) is 0 Å². The minimum absolute atomic E-state index is 0.0364. The summed E-state index contributed by atoms with van der Waals surface area (Å²) in [6.07, 6.45) is 7.25. The van der Waals surface area contributed by atoms with Gasteiger partial charge in [0, 0.05) is 12.0 Å². The van der Waals surface area contributed by atoms with E-state index in [1.165, 1.54) is 12.8 Å². The van der Waals surface area contributed by atoms with Crippen LogP contribution >= 0.6 is 19.2 Å².